The molecular weight excluding hydrogens is 412 g/mol. The molecule has 0 radical (unpaired) electrons. The van der Waals surface area contributed by atoms with Gasteiger partial charge in [-0.05, 0) is 43.0 Å². The van der Waals surface area contributed by atoms with E-state index < -0.39 is 0 Å². The van der Waals surface area contributed by atoms with Crippen molar-refractivity contribution in [2.24, 2.45) is 0 Å². The molecule has 2 aromatic carbocycles. The number of phenolic OH excluding ortho intramolecular Hbond substituents is 1. The van der Waals surface area contributed by atoms with Gasteiger partial charge in [-0.1, -0.05) is 54.7 Å². The Labute approximate surface area is 187 Å². The minimum atomic E-state index is -0.133. The van der Waals surface area contributed by atoms with Crippen molar-refractivity contribution in [2.75, 3.05) is 46.1 Å². The first-order valence-electron chi connectivity index (χ1n) is 10.9. The van der Waals surface area contributed by atoms with Gasteiger partial charge in [0.1, 0.15) is 11.3 Å². The number of phenols is 1. The average Bonchev–Trinajstić information content (AvgIpc) is 3.19. The first kappa shape index (κ1) is 23.5. The molecule has 3 rings (SSSR count). The van der Waals surface area contributed by atoms with Gasteiger partial charge in [0.2, 0.25) is 0 Å². The summed E-state index contributed by atoms with van der Waals surface area (Å²) in [5, 5.41) is 9.92. The summed E-state index contributed by atoms with van der Waals surface area (Å²) >= 11 is 1.16. The van der Waals surface area contributed by atoms with Gasteiger partial charge in [-0.2, -0.15) is 0 Å². The fourth-order valence-corrected chi connectivity index (χ4v) is 4.42. The molecule has 0 aliphatic carbocycles. The molecule has 1 heterocycles. The van der Waals surface area contributed by atoms with E-state index in [9.17, 15) is 9.90 Å². The highest BCUT2D eigenvalue weighted by atomic mass is 32.1. The normalized spacial score (nSPS) is 11.5. The molecule has 0 saturated heterocycles. The molecular formula is C24H32N2O4S. The van der Waals surface area contributed by atoms with Crippen LogP contribution in [0.15, 0.2) is 47.3 Å². The van der Waals surface area contributed by atoms with Gasteiger partial charge in [0.15, 0.2) is 0 Å². The molecule has 0 bridgehead atoms. The number of ether oxygens (including phenoxy) is 2. The minimum Gasteiger partial charge on any atom is -0.506 e. The lowest BCUT2D eigenvalue weighted by molar-refractivity contribution is 0.0454. The topological polar surface area (TPSA) is 74.8 Å². The predicted molar refractivity (Wildman–Crippen MR) is 126 cm³/mol. The van der Waals surface area contributed by atoms with E-state index in [1.807, 2.05) is 24.3 Å². The van der Waals surface area contributed by atoms with Crippen LogP contribution in [0.5, 0.6) is 5.75 Å². The average molecular weight is 445 g/mol. The maximum Gasteiger partial charge on any atom is 0.305 e. The van der Waals surface area contributed by atoms with E-state index in [0.717, 1.165) is 73.7 Å². The highest BCUT2D eigenvalue weighted by Crippen LogP contribution is 2.28. The van der Waals surface area contributed by atoms with Crippen LogP contribution in [0, 0.1) is 0 Å². The molecule has 0 saturated carbocycles. The second-order valence-electron chi connectivity index (χ2n) is 7.46. The number of nitrogens with one attached hydrogen (secondary N) is 1. The number of nitrogens with zero attached hydrogens (tertiary/aromatic N) is 1. The minimum absolute atomic E-state index is 0.130. The monoisotopic (exact) mass is 444 g/mol. The summed E-state index contributed by atoms with van der Waals surface area (Å²) in [5.41, 5.74) is 2.94. The summed E-state index contributed by atoms with van der Waals surface area (Å²) in [6, 6.07) is 13.9. The van der Waals surface area contributed by atoms with Crippen molar-refractivity contribution in [1.82, 2.24) is 9.88 Å². The van der Waals surface area contributed by atoms with Crippen molar-refractivity contribution in [3.05, 3.63) is 63.3 Å². The molecule has 31 heavy (non-hydrogen) atoms. The highest BCUT2D eigenvalue weighted by Gasteiger charge is 2.11. The molecule has 0 amide bonds. The van der Waals surface area contributed by atoms with Crippen LogP contribution < -0.4 is 4.87 Å². The zero-order valence-electron chi connectivity index (χ0n) is 18.1. The molecule has 0 spiro atoms. The Bertz CT molecular complexity index is 971. The van der Waals surface area contributed by atoms with Crippen LogP contribution in [0.1, 0.15) is 24.5 Å². The third kappa shape index (κ3) is 7.47. The molecule has 168 valence electrons. The number of rotatable bonds is 14. The van der Waals surface area contributed by atoms with Gasteiger partial charge in [-0.25, -0.2) is 0 Å². The molecule has 3 aromatic rings. The number of hydrogen-bond donors (Lipinski definition) is 2. The summed E-state index contributed by atoms with van der Waals surface area (Å²) in [5.74, 6) is 0.130. The van der Waals surface area contributed by atoms with Crippen LogP contribution in [0.2, 0.25) is 0 Å². The van der Waals surface area contributed by atoms with Crippen molar-refractivity contribution >= 4 is 21.6 Å². The molecule has 2 N–H and O–H groups in total. The summed E-state index contributed by atoms with van der Waals surface area (Å²) < 4.78 is 12.2. The predicted octanol–water partition coefficient (Wildman–Crippen LogP) is 3.83. The molecule has 0 aliphatic rings. The van der Waals surface area contributed by atoms with Gasteiger partial charge in [-0.15, -0.1) is 0 Å². The number of H-pyrrole nitrogens is 1. The van der Waals surface area contributed by atoms with Gasteiger partial charge in [0.25, 0.3) is 0 Å². The lowest BCUT2D eigenvalue weighted by Crippen LogP contribution is -2.27. The second kappa shape index (κ2) is 12.6. The Kier molecular flexibility index (Phi) is 9.55. The van der Waals surface area contributed by atoms with Crippen LogP contribution in [-0.2, 0) is 22.3 Å². The molecule has 7 heteroatoms. The van der Waals surface area contributed by atoms with Crippen LogP contribution in [0.3, 0.4) is 0 Å². The number of benzene rings is 2. The largest absolute Gasteiger partial charge is 0.506 e. The van der Waals surface area contributed by atoms with Gasteiger partial charge in [-0.3, -0.25) is 4.79 Å². The van der Waals surface area contributed by atoms with Crippen LogP contribution in [0.4, 0.5) is 0 Å². The van der Waals surface area contributed by atoms with Crippen molar-refractivity contribution in [3.63, 3.8) is 0 Å². The molecule has 1 aromatic heterocycles. The zero-order chi connectivity index (χ0) is 21.9. The number of aromatic amines is 1. The number of thiazole rings is 1. The smallest absolute Gasteiger partial charge is 0.305 e. The van der Waals surface area contributed by atoms with Crippen molar-refractivity contribution in [3.8, 4) is 5.75 Å². The van der Waals surface area contributed by atoms with E-state index in [0.29, 0.717) is 18.7 Å². The zero-order valence-corrected chi connectivity index (χ0v) is 19.0. The van der Waals surface area contributed by atoms with Gasteiger partial charge in [0.05, 0.1) is 24.5 Å². The highest BCUT2D eigenvalue weighted by molar-refractivity contribution is 7.16. The number of likely N-dealkylation sites (N-methyl/N-ethyl adjacent to an activating group) is 1. The first-order valence-corrected chi connectivity index (χ1v) is 11.7. The first-order chi connectivity index (χ1) is 15.2. The number of hydrogen-bond acceptors (Lipinski definition) is 6. The third-order valence-electron chi connectivity index (χ3n) is 5.30. The molecule has 0 atom stereocenters. The van der Waals surface area contributed by atoms with Gasteiger partial charge < -0.3 is 24.5 Å². The van der Waals surface area contributed by atoms with E-state index in [-0.39, 0.29) is 10.6 Å². The maximum absolute atomic E-state index is 11.7. The molecule has 6 nitrogen and oxygen atoms in total. The Balaban J connectivity index is 1.28. The number of fused-ring (bicyclic) bond motifs is 1. The van der Waals surface area contributed by atoms with E-state index in [1.54, 1.807) is 6.07 Å². The molecule has 0 fully saturated rings. The van der Waals surface area contributed by atoms with Crippen molar-refractivity contribution in [2.45, 2.75) is 26.2 Å². The fourth-order valence-electron chi connectivity index (χ4n) is 3.52. The van der Waals surface area contributed by atoms with E-state index in [1.165, 1.54) is 5.56 Å². The number of aromatic nitrogens is 1. The molecule has 0 aliphatic heterocycles. The van der Waals surface area contributed by atoms with E-state index in [4.69, 9.17) is 9.47 Å². The summed E-state index contributed by atoms with van der Waals surface area (Å²) in [7, 11) is 0. The SMILES string of the molecule is CCN(CCCOCCOCCc1ccccc1)CCc1ccc(O)c2[nH]c(=O)sc12. The summed E-state index contributed by atoms with van der Waals surface area (Å²) in [4.78, 5) is 16.6. The lowest BCUT2D eigenvalue weighted by Gasteiger charge is -2.20. The quantitative estimate of drug-likeness (QED) is 0.370. The summed E-state index contributed by atoms with van der Waals surface area (Å²) in [6.07, 6.45) is 2.74. The Hall–Kier alpha value is -2.19. The number of aromatic hydroxyl groups is 1. The maximum atomic E-state index is 11.7. The van der Waals surface area contributed by atoms with Crippen LogP contribution in [0.25, 0.3) is 10.2 Å². The molecule has 0 unspecified atom stereocenters. The third-order valence-corrected chi connectivity index (χ3v) is 6.25. The fraction of sp³-hybridized carbons (Fsp3) is 0.458. The van der Waals surface area contributed by atoms with Gasteiger partial charge in [0, 0.05) is 19.7 Å². The van der Waals surface area contributed by atoms with E-state index >= 15 is 0 Å². The Morgan fingerprint density at radius 3 is 2.52 bits per heavy atom. The summed E-state index contributed by atoms with van der Waals surface area (Å²) in [6.45, 7) is 7.69. The standard InChI is InChI=1S/C24H32N2O4S/c1-2-26(14-11-20-9-10-21(27)22-23(20)31-24(28)25-22)13-6-15-29-17-18-30-16-12-19-7-4-3-5-8-19/h3-5,7-10,27H,2,6,11-18H2,1H3,(H,25,28). The van der Waals surface area contributed by atoms with Crippen molar-refractivity contribution < 1.29 is 14.6 Å². The van der Waals surface area contributed by atoms with E-state index in [2.05, 4.69) is 28.9 Å². The Morgan fingerprint density at radius 1 is 0.968 bits per heavy atom. The lowest BCUT2D eigenvalue weighted by atomic mass is 10.1. The second-order valence-corrected chi connectivity index (χ2v) is 8.44. The van der Waals surface area contributed by atoms with Gasteiger partial charge >= 0.3 is 4.87 Å². The van der Waals surface area contributed by atoms with Crippen LogP contribution >= 0.6 is 11.3 Å². The van der Waals surface area contributed by atoms with Crippen LogP contribution in [-0.4, -0.2) is 61.1 Å². The van der Waals surface area contributed by atoms with Crippen molar-refractivity contribution in [1.29, 1.82) is 0 Å². The Morgan fingerprint density at radius 2 is 1.74 bits per heavy atom.